The maximum absolute atomic E-state index is 13.3. The van der Waals surface area contributed by atoms with Crippen LogP contribution in [-0.2, 0) is 4.79 Å². The molecule has 0 atom stereocenters. The van der Waals surface area contributed by atoms with E-state index in [-0.39, 0.29) is 28.4 Å². The second-order valence-electron chi connectivity index (χ2n) is 6.39. The molecule has 3 aromatic carbocycles. The molecule has 4 aromatic rings. The molecule has 1 aromatic heterocycles. The molecule has 0 spiro atoms. The van der Waals surface area contributed by atoms with Crippen molar-refractivity contribution in [3.8, 4) is 5.75 Å². The van der Waals surface area contributed by atoms with Gasteiger partial charge in [-0.3, -0.25) is 14.4 Å². The van der Waals surface area contributed by atoms with Crippen LogP contribution in [0.25, 0.3) is 21.9 Å². The zero-order valence-electron chi connectivity index (χ0n) is 14.2. The van der Waals surface area contributed by atoms with E-state index in [0.29, 0.717) is 27.7 Å². The van der Waals surface area contributed by atoms with Crippen LogP contribution < -0.4 is 4.74 Å². The Morgan fingerprint density at radius 3 is 2.19 bits per heavy atom. The third-order valence-electron chi connectivity index (χ3n) is 4.76. The monoisotopic (exact) mass is 356 g/mol. The number of ketones is 2. The number of furan rings is 1. The van der Waals surface area contributed by atoms with Gasteiger partial charge in [-0.05, 0) is 6.07 Å². The number of rotatable bonds is 1. The van der Waals surface area contributed by atoms with E-state index in [0.717, 1.165) is 5.39 Å². The van der Waals surface area contributed by atoms with Gasteiger partial charge >= 0.3 is 5.97 Å². The molecule has 5 rings (SSSR count). The number of carbonyl (C=O) groups excluding carboxylic acids is 3. The molecule has 0 fully saturated rings. The van der Waals surface area contributed by atoms with E-state index in [1.165, 1.54) is 13.0 Å². The van der Waals surface area contributed by atoms with Gasteiger partial charge in [0.25, 0.3) is 0 Å². The van der Waals surface area contributed by atoms with Crippen molar-refractivity contribution < 1.29 is 23.5 Å². The van der Waals surface area contributed by atoms with Crippen LogP contribution in [0.4, 0.5) is 0 Å². The summed E-state index contributed by atoms with van der Waals surface area (Å²) in [6.07, 6.45) is 0. The molecular formula is C22H12O5. The van der Waals surface area contributed by atoms with E-state index in [1.807, 2.05) is 18.2 Å². The van der Waals surface area contributed by atoms with Crippen LogP contribution in [0, 0.1) is 0 Å². The summed E-state index contributed by atoms with van der Waals surface area (Å²) in [5.74, 6) is -1.17. The largest absolute Gasteiger partial charge is 0.456 e. The van der Waals surface area contributed by atoms with E-state index in [2.05, 4.69) is 0 Å². The molecule has 0 amide bonds. The van der Waals surface area contributed by atoms with Gasteiger partial charge in [0.1, 0.15) is 16.9 Å². The highest BCUT2D eigenvalue weighted by Crippen LogP contribution is 2.42. The Kier molecular flexibility index (Phi) is 3.09. The second-order valence-corrected chi connectivity index (χ2v) is 6.39. The Morgan fingerprint density at radius 2 is 1.48 bits per heavy atom. The van der Waals surface area contributed by atoms with E-state index in [1.54, 1.807) is 30.3 Å². The van der Waals surface area contributed by atoms with Crippen molar-refractivity contribution in [3.05, 3.63) is 76.9 Å². The molecule has 1 heterocycles. The molecule has 0 radical (unpaired) electrons. The van der Waals surface area contributed by atoms with Gasteiger partial charge in [0.05, 0.1) is 5.56 Å². The Bertz CT molecular complexity index is 1310. The van der Waals surface area contributed by atoms with Crippen molar-refractivity contribution in [2.75, 3.05) is 0 Å². The van der Waals surface area contributed by atoms with Crippen LogP contribution in [-0.4, -0.2) is 17.5 Å². The van der Waals surface area contributed by atoms with Gasteiger partial charge in [-0.25, -0.2) is 0 Å². The van der Waals surface area contributed by atoms with Crippen LogP contribution >= 0.6 is 0 Å². The van der Waals surface area contributed by atoms with Crippen LogP contribution in [0.15, 0.2) is 59.0 Å². The first-order chi connectivity index (χ1) is 13.1. The number of hydrogen-bond donors (Lipinski definition) is 0. The third-order valence-corrected chi connectivity index (χ3v) is 4.76. The Hall–Kier alpha value is -3.73. The lowest BCUT2D eigenvalue weighted by atomic mass is 9.81. The molecule has 0 unspecified atom stereocenters. The molecule has 0 saturated carbocycles. The maximum Gasteiger partial charge on any atom is 0.308 e. The lowest BCUT2D eigenvalue weighted by Crippen LogP contribution is -2.22. The quantitative estimate of drug-likeness (QED) is 0.331. The number of esters is 1. The summed E-state index contributed by atoms with van der Waals surface area (Å²) >= 11 is 0. The summed E-state index contributed by atoms with van der Waals surface area (Å²) in [6.45, 7) is 1.25. The molecular weight excluding hydrogens is 344 g/mol. The summed E-state index contributed by atoms with van der Waals surface area (Å²) in [7, 11) is 0. The van der Waals surface area contributed by atoms with Crippen molar-refractivity contribution >= 4 is 39.5 Å². The number of para-hydroxylation sites is 1. The number of ether oxygens (including phenoxy) is 1. The zero-order chi connectivity index (χ0) is 18.7. The van der Waals surface area contributed by atoms with Gasteiger partial charge in [-0.1, -0.05) is 42.5 Å². The SMILES string of the molecule is CC(=O)Oc1cc2oc3ccccc3c2c2c1C(=O)c1ccccc1C2=O. The van der Waals surface area contributed by atoms with Crippen molar-refractivity contribution in [1.29, 1.82) is 0 Å². The Balaban J connectivity index is 1.97. The van der Waals surface area contributed by atoms with Gasteiger partial charge in [0, 0.05) is 40.5 Å². The Labute approximate surface area is 153 Å². The minimum absolute atomic E-state index is 0.0388. The van der Waals surface area contributed by atoms with Gasteiger partial charge < -0.3 is 9.15 Å². The number of hydrogen-bond acceptors (Lipinski definition) is 5. The lowest BCUT2D eigenvalue weighted by molar-refractivity contribution is -0.131. The smallest absolute Gasteiger partial charge is 0.308 e. The summed E-state index contributed by atoms with van der Waals surface area (Å²) in [5, 5.41) is 1.29. The standard InChI is InChI=1S/C22H12O5/c1-11(23)26-17-10-16-18(14-8-4-5-9-15(14)27-16)20-19(17)21(24)12-6-2-3-7-13(12)22(20)25/h2-10H,1H3. The molecule has 0 aliphatic heterocycles. The van der Waals surface area contributed by atoms with Gasteiger partial charge in [-0.15, -0.1) is 0 Å². The molecule has 5 nitrogen and oxygen atoms in total. The highest BCUT2D eigenvalue weighted by molar-refractivity contribution is 6.35. The first-order valence-electron chi connectivity index (χ1n) is 8.41. The predicted octanol–water partition coefficient (Wildman–Crippen LogP) is 4.29. The van der Waals surface area contributed by atoms with Crippen LogP contribution in [0.3, 0.4) is 0 Å². The number of fused-ring (bicyclic) bond motifs is 6. The number of carbonyl (C=O) groups is 3. The van der Waals surface area contributed by atoms with E-state index in [9.17, 15) is 14.4 Å². The third kappa shape index (κ3) is 2.08. The fraction of sp³-hybridized carbons (Fsp3) is 0.0455. The normalized spacial score (nSPS) is 12.9. The minimum Gasteiger partial charge on any atom is -0.456 e. The highest BCUT2D eigenvalue weighted by Gasteiger charge is 2.36. The molecule has 5 heteroatoms. The predicted molar refractivity (Wildman–Crippen MR) is 98.3 cm³/mol. The van der Waals surface area contributed by atoms with Crippen molar-refractivity contribution in [2.24, 2.45) is 0 Å². The summed E-state index contributed by atoms with van der Waals surface area (Å²) in [6, 6.07) is 15.5. The van der Waals surface area contributed by atoms with Crippen LogP contribution in [0.2, 0.25) is 0 Å². The Morgan fingerprint density at radius 1 is 0.852 bits per heavy atom. The van der Waals surface area contributed by atoms with Gasteiger partial charge in [-0.2, -0.15) is 0 Å². The molecule has 0 N–H and O–H groups in total. The zero-order valence-corrected chi connectivity index (χ0v) is 14.2. The van der Waals surface area contributed by atoms with Gasteiger partial charge in [0.15, 0.2) is 11.6 Å². The van der Waals surface area contributed by atoms with Crippen molar-refractivity contribution in [3.63, 3.8) is 0 Å². The second kappa shape index (κ2) is 5.38. The van der Waals surface area contributed by atoms with Crippen LogP contribution in [0.1, 0.15) is 38.8 Å². The molecule has 130 valence electrons. The van der Waals surface area contributed by atoms with E-state index < -0.39 is 5.97 Å². The summed E-state index contributed by atoms with van der Waals surface area (Å²) in [4.78, 5) is 38.1. The van der Waals surface area contributed by atoms with E-state index >= 15 is 0 Å². The first kappa shape index (κ1) is 15.5. The molecule has 0 bridgehead atoms. The first-order valence-corrected chi connectivity index (χ1v) is 8.41. The topological polar surface area (TPSA) is 73.6 Å². The lowest BCUT2D eigenvalue weighted by Gasteiger charge is -2.20. The molecule has 27 heavy (non-hydrogen) atoms. The highest BCUT2D eigenvalue weighted by atomic mass is 16.5. The molecule has 1 aliphatic carbocycles. The summed E-state index contributed by atoms with van der Waals surface area (Å²) in [5.41, 5.74) is 1.95. The van der Waals surface area contributed by atoms with Crippen molar-refractivity contribution in [1.82, 2.24) is 0 Å². The number of benzene rings is 3. The molecule has 1 aliphatic rings. The van der Waals surface area contributed by atoms with E-state index in [4.69, 9.17) is 9.15 Å². The average Bonchev–Trinajstić information content (AvgIpc) is 3.03. The van der Waals surface area contributed by atoms with Gasteiger partial charge in [0.2, 0.25) is 0 Å². The molecule has 0 saturated heterocycles. The maximum atomic E-state index is 13.3. The average molecular weight is 356 g/mol. The van der Waals surface area contributed by atoms with Crippen molar-refractivity contribution in [2.45, 2.75) is 6.92 Å². The fourth-order valence-corrected chi connectivity index (χ4v) is 3.70. The van der Waals surface area contributed by atoms with Crippen LogP contribution in [0.5, 0.6) is 5.75 Å². The summed E-state index contributed by atoms with van der Waals surface area (Å²) < 4.78 is 11.1. The fourth-order valence-electron chi connectivity index (χ4n) is 3.70. The minimum atomic E-state index is -0.577.